The molecule has 23 heavy (non-hydrogen) atoms. The molecular weight excluding hydrogens is 320 g/mol. The Morgan fingerprint density at radius 3 is 2.30 bits per heavy atom. The number of carbonyl (C=O) groups is 1. The molecule has 0 fully saturated rings. The molecule has 0 spiro atoms. The molecule has 1 aromatic carbocycles. The maximum absolute atomic E-state index is 11.6. The van der Waals surface area contributed by atoms with Gasteiger partial charge in [-0.25, -0.2) is 4.79 Å². The first-order valence-corrected chi connectivity index (χ1v) is 7.69. The van der Waals surface area contributed by atoms with Crippen LogP contribution in [-0.2, 0) is 4.74 Å². The molecule has 7 heteroatoms. The molecule has 0 radical (unpaired) electrons. The SMILES string of the molecule is COc1cc(Cl)c(NC(C)CNC(=O)OC(C)(C)C)cc1OC. The smallest absolute Gasteiger partial charge is 0.407 e. The van der Waals surface area contributed by atoms with Crippen LogP contribution in [0, 0.1) is 0 Å². The third-order valence-corrected chi connectivity index (χ3v) is 3.14. The molecule has 0 aliphatic rings. The lowest BCUT2D eigenvalue weighted by molar-refractivity contribution is 0.0526. The van der Waals surface area contributed by atoms with Crippen molar-refractivity contribution in [3.63, 3.8) is 0 Å². The van der Waals surface area contributed by atoms with Crippen molar-refractivity contribution < 1.29 is 19.0 Å². The maximum atomic E-state index is 11.6. The Balaban J connectivity index is 2.64. The Hall–Kier alpha value is -1.82. The Morgan fingerprint density at radius 1 is 1.22 bits per heavy atom. The summed E-state index contributed by atoms with van der Waals surface area (Å²) in [7, 11) is 3.11. The van der Waals surface area contributed by atoms with Crippen molar-refractivity contribution >= 4 is 23.4 Å². The largest absolute Gasteiger partial charge is 0.493 e. The number of ether oxygens (including phenoxy) is 3. The molecule has 1 aromatic rings. The predicted molar refractivity (Wildman–Crippen MR) is 91.9 cm³/mol. The van der Waals surface area contributed by atoms with Gasteiger partial charge in [0.2, 0.25) is 0 Å². The van der Waals surface area contributed by atoms with Crippen LogP contribution in [0.4, 0.5) is 10.5 Å². The van der Waals surface area contributed by atoms with Crippen molar-refractivity contribution in [2.45, 2.75) is 39.3 Å². The van der Waals surface area contributed by atoms with Gasteiger partial charge in [-0.15, -0.1) is 0 Å². The van der Waals surface area contributed by atoms with Gasteiger partial charge in [0.05, 0.1) is 24.9 Å². The van der Waals surface area contributed by atoms with Crippen LogP contribution in [0.1, 0.15) is 27.7 Å². The van der Waals surface area contributed by atoms with E-state index in [0.29, 0.717) is 28.8 Å². The number of benzene rings is 1. The van der Waals surface area contributed by atoms with Gasteiger partial charge >= 0.3 is 6.09 Å². The average Bonchev–Trinajstić information content (AvgIpc) is 2.45. The van der Waals surface area contributed by atoms with Gasteiger partial charge in [0.15, 0.2) is 11.5 Å². The standard InChI is InChI=1S/C16H25ClN2O4/c1-10(9-18-15(20)23-16(2,3)4)19-12-8-14(22-6)13(21-5)7-11(12)17/h7-8,10,19H,9H2,1-6H3,(H,18,20). The molecule has 1 amide bonds. The molecule has 0 saturated carbocycles. The highest BCUT2D eigenvalue weighted by Crippen LogP contribution is 2.36. The van der Waals surface area contributed by atoms with E-state index in [1.165, 1.54) is 0 Å². The molecule has 0 bridgehead atoms. The molecular formula is C16H25ClN2O4. The van der Waals surface area contributed by atoms with Crippen molar-refractivity contribution in [1.29, 1.82) is 0 Å². The van der Waals surface area contributed by atoms with Gasteiger partial charge < -0.3 is 24.8 Å². The summed E-state index contributed by atoms with van der Waals surface area (Å²) >= 11 is 6.22. The molecule has 0 saturated heterocycles. The van der Waals surface area contributed by atoms with Crippen LogP contribution in [0.2, 0.25) is 5.02 Å². The molecule has 1 atom stereocenters. The van der Waals surface area contributed by atoms with Crippen LogP contribution in [0.5, 0.6) is 11.5 Å². The van der Waals surface area contributed by atoms with Crippen LogP contribution < -0.4 is 20.1 Å². The number of anilines is 1. The third-order valence-electron chi connectivity index (χ3n) is 2.83. The van der Waals surface area contributed by atoms with Crippen LogP contribution >= 0.6 is 11.6 Å². The summed E-state index contributed by atoms with van der Waals surface area (Å²) < 4.78 is 15.6. The van der Waals surface area contributed by atoms with Gasteiger partial charge in [-0.2, -0.15) is 0 Å². The minimum Gasteiger partial charge on any atom is -0.493 e. The quantitative estimate of drug-likeness (QED) is 0.823. The van der Waals surface area contributed by atoms with E-state index in [1.807, 2.05) is 27.7 Å². The Labute approximate surface area is 142 Å². The number of hydrogen-bond donors (Lipinski definition) is 2. The van der Waals surface area contributed by atoms with Crippen LogP contribution in [0.15, 0.2) is 12.1 Å². The number of halogens is 1. The highest BCUT2D eigenvalue weighted by molar-refractivity contribution is 6.33. The second kappa shape index (κ2) is 8.15. The summed E-state index contributed by atoms with van der Waals surface area (Å²) in [6.45, 7) is 7.76. The highest BCUT2D eigenvalue weighted by Gasteiger charge is 2.17. The van der Waals surface area contributed by atoms with E-state index in [4.69, 9.17) is 25.8 Å². The second-order valence-electron chi connectivity index (χ2n) is 6.12. The molecule has 130 valence electrons. The van der Waals surface area contributed by atoms with Crippen molar-refractivity contribution in [1.82, 2.24) is 5.32 Å². The predicted octanol–water partition coefficient (Wildman–Crippen LogP) is 3.68. The van der Waals surface area contributed by atoms with Gasteiger partial charge in [0.25, 0.3) is 0 Å². The van der Waals surface area contributed by atoms with Crippen LogP contribution in [0.25, 0.3) is 0 Å². The minimum atomic E-state index is -0.520. The molecule has 0 aliphatic carbocycles. The van der Waals surface area contributed by atoms with E-state index in [9.17, 15) is 4.79 Å². The van der Waals surface area contributed by atoms with Crippen molar-refractivity contribution in [2.24, 2.45) is 0 Å². The van der Waals surface area contributed by atoms with Gasteiger partial charge in [-0.1, -0.05) is 11.6 Å². The van der Waals surface area contributed by atoms with Gasteiger partial charge in [0.1, 0.15) is 5.60 Å². The zero-order valence-electron chi connectivity index (χ0n) is 14.5. The van der Waals surface area contributed by atoms with Crippen LogP contribution in [0.3, 0.4) is 0 Å². The summed E-state index contributed by atoms with van der Waals surface area (Å²) in [5, 5.41) is 6.43. The fraction of sp³-hybridized carbons (Fsp3) is 0.562. The maximum Gasteiger partial charge on any atom is 0.407 e. The average molecular weight is 345 g/mol. The Kier molecular flexibility index (Phi) is 6.81. The summed E-state index contributed by atoms with van der Waals surface area (Å²) in [5.41, 5.74) is 0.177. The molecule has 2 N–H and O–H groups in total. The molecule has 6 nitrogen and oxygen atoms in total. The van der Waals surface area contributed by atoms with Crippen molar-refractivity contribution in [3.8, 4) is 11.5 Å². The first-order chi connectivity index (χ1) is 10.7. The lowest BCUT2D eigenvalue weighted by atomic mass is 10.2. The van der Waals surface area contributed by atoms with Crippen molar-refractivity contribution in [2.75, 3.05) is 26.1 Å². The number of carbonyl (C=O) groups excluding carboxylic acids is 1. The number of hydrogen-bond acceptors (Lipinski definition) is 5. The normalized spacial score (nSPS) is 12.3. The van der Waals surface area contributed by atoms with E-state index in [2.05, 4.69) is 10.6 Å². The molecule has 0 aliphatic heterocycles. The number of amides is 1. The third kappa shape index (κ3) is 6.44. The van der Waals surface area contributed by atoms with Gasteiger partial charge in [-0.3, -0.25) is 0 Å². The lowest BCUT2D eigenvalue weighted by Crippen LogP contribution is -2.38. The molecule has 0 aromatic heterocycles. The number of rotatable bonds is 6. The van der Waals surface area contributed by atoms with Gasteiger partial charge in [-0.05, 0) is 27.7 Å². The van der Waals surface area contributed by atoms with E-state index in [1.54, 1.807) is 26.4 Å². The summed E-state index contributed by atoms with van der Waals surface area (Å²) in [6, 6.07) is 3.38. The highest BCUT2D eigenvalue weighted by atomic mass is 35.5. The molecule has 1 unspecified atom stereocenters. The monoisotopic (exact) mass is 344 g/mol. The number of methoxy groups -OCH3 is 2. The lowest BCUT2D eigenvalue weighted by Gasteiger charge is -2.22. The second-order valence-corrected chi connectivity index (χ2v) is 6.52. The van der Waals surface area contributed by atoms with E-state index < -0.39 is 11.7 Å². The van der Waals surface area contributed by atoms with E-state index in [-0.39, 0.29) is 6.04 Å². The van der Waals surface area contributed by atoms with Crippen LogP contribution in [-0.4, -0.2) is 38.5 Å². The minimum absolute atomic E-state index is 0.0573. The molecule has 0 heterocycles. The first-order valence-electron chi connectivity index (χ1n) is 7.31. The summed E-state index contributed by atoms with van der Waals surface area (Å²) in [4.78, 5) is 11.6. The van der Waals surface area contributed by atoms with Crippen molar-refractivity contribution in [3.05, 3.63) is 17.2 Å². The van der Waals surface area contributed by atoms with Gasteiger partial charge in [0, 0.05) is 24.7 Å². The zero-order valence-corrected chi connectivity index (χ0v) is 15.2. The fourth-order valence-electron chi connectivity index (χ4n) is 1.83. The Morgan fingerprint density at radius 2 is 1.78 bits per heavy atom. The molecule has 1 rings (SSSR count). The first kappa shape index (κ1) is 19.2. The fourth-order valence-corrected chi connectivity index (χ4v) is 2.04. The summed E-state index contributed by atoms with van der Waals surface area (Å²) in [6.07, 6.45) is -0.454. The number of nitrogens with one attached hydrogen (secondary N) is 2. The number of alkyl carbamates (subject to hydrolysis) is 1. The zero-order chi connectivity index (χ0) is 17.6. The van der Waals surface area contributed by atoms with E-state index in [0.717, 1.165) is 0 Å². The Bertz CT molecular complexity index is 544. The van der Waals surface area contributed by atoms with E-state index >= 15 is 0 Å². The summed E-state index contributed by atoms with van der Waals surface area (Å²) in [5.74, 6) is 1.13. The topological polar surface area (TPSA) is 68.8 Å².